The third kappa shape index (κ3) is 4.79. The number of amides is 1. The fourth-order valence-corrected chi connectivity index (χ4v) is 2.67. The highest BCUT2D eigenvalue weighted by Gasteiger charge is 2.13. The van der Waals surface area contributed by atoms with Gasteiger partial charge in [-0.25, -0.2) is 4.98 Å². The number of carbonyl (C=O) groups excluding carboxylic acids is 1. The number of rotatable bonds is 6. The molecule has 0 fully saturated rings. The number of benzene rings is 1. The number of hydrogen-bond donors (Lipinski definition) is 1. The molecule has 0 aliphatic carbocycles. The number of methoxy groups -OCH3 is 1. The lowest BCUT2D eigenvalue weighted by molar-refractivity contribution is -0.120. The molecule has 0 aliphatic rings. The number of pyridine rings is 1. The topological polar surface area (TPSA) is 51.2 Å². The number of nitrogens with zero attached hydrogens (tertiary/aromatic N) is 1. The van der Waals surface area contributed by atoms with E-state index in [1.165, 1.54) is 0 Å². The predicted octanol–water partition coefficient (Wildman–Crippen LogP) is 2.89. The summed E-state index contributed by atoms with van der Waals surface area (Å²) in [6.07, 6.45) is 1.67. The average Bonchev–Trinajstić information content (AvgIpc) is 2.53. The lowest BCUT2D eigenvalue weighted by atomic mass is 10.2. The summed E-state index contributed by atoms with van der Waals surface area (Å²) < 4.78 is 5.06. The van der Waals surface area contributed by atoms with Crippen LogP contribution in [0.3, 0.4) is 0 Å². The Bertz CT molecular complexity index is 590. The largest absolute Gasteiger partial charge is 0.481 e. The minimum absolute atomic E-state index is 0.0135. The molecule has 2 aromatic rings. The van der Waals surface area contributed by atoms with Crippen LogP contribution in [0, 0.1) is 0 Å². The Balaban J connectivity index is 1.86. The Morgan fingerprint density at radius 2 is 2.10 bits per heavy atom. The molecule has 110 valence electrons. The SMILES string of the molecule is COc1cc(CNC(=O)C(C)Sc2ccccc2)ccn1. The van der Waals surface area contributed by atoms with Crippen LogP contribution in [0.2, 0.25) is 0 Å². The smallest absolute Gasteiger partial charge is 0.233 e. The van der Waals surface area contributed by atoms with Crippen molar-refractivity contribution in [1.29, 1.82) is 0 Å². The van der Waals surface area contributed by atoms with Crippen LogP contribution >= 0.6 is 11.8 Å². The van der Waals surface area contributed by atoms with E-state index in [0.717, 1.165) is 10.5 Å². The van der Waals surface area contributed by atoms with Gasteiger partial charge in [0.1, 0.15) is 0 Å². The number of ether oxygens (including phenoxy) is 1. The Kier molecular flexibility index (Phi) is 5.63. The molecule has 1 amide bonds. The first-order valence-corrected chi connectivity index (χ1v) is 7.55. The number of nitrogens with one attached hydrogen (secondary N) is 1. The highest BCUT2D eigenvalue weighted by molar-refractivity contribution is 8.00. The summed E-state index contributed by atoms with van der Waals surface area (Å²) in [6, 6.07) is 13.6. The van der Waals surface area contributed by atoms with E-state index in [1.54, 1.807) is 25.1 Å². The van der Waals surface area contributed by atoms with E-state index < -0.39 is 0 Å². The normalized spacial score (nSPS) is 11.7. The second kappa shape index (κ2) is 7.69. The van der Waals surface area contributed by atoms with E-state index in [4.69, 9.17) is 4.74 Å². The van der Waals surface area contributed by atoms with Crippen LogP contribution < -0.4 is 10.1 Å². The van der Waals surface area contributed by atoms with Crippen LogP contribution in [-0.2, 0) is 11.3 Å². The van der Waals surface area contributed by atoms with E-state index in [9.17, 15) is 4.79 Å². The number of aromatic nitrogens is 1. The second-order valence-corrected chi connectivity index (χ2v) is 5.91. The summed E-state index contributed by atoms with van der Waals surface area (Å²) in [6.45, 7) is 2.37. The summed E-state index contributed by atoms with van der Waals surface area (Å²) in [5, 5.41) is 2.78. The molecule has 0 radical (unpaired) electrons. The van der Waals surface area contributed by atoms with Crippen LogP contribution in [0.15, 0.2) is 53.6 Å². The van der Waals surface area contributed by atoms with Gasteiger partial charge in [-0.15, -0.1) is 11.8 Å². The van der Waals surface area contributed by atoms with Crippen LogP contribution in [0.1, 0.15) is 12.5 Å². The summed E-state index contributed by atoms with van der Waals surface area (Å²) in [5.74, 6) is 0.563. The van der Waals surface area contributed by atoms with Crippen molar-refractivity contribution in [2.75, 3.05) is 7.11 Å². The Hall–Kier alpha value is -2.01. The monoisotopic (exact) mass is 302 g/mol. The van der Waals surface area contributed by atoms with E-state index in [0.29, 0.717) is 12.4 Å². The lowest BCUT2D eigenvalue weighted by Gasteiger charge is -2.12. The second-order valence-electron chi connectivity index (χ2n) is 4.50. The molecule has 0 spiro atoms. The molecule has 5 heteroatoms. The van der Waals surface area contributed by atoms with Gasteiger partial charge in [0.2, 0.25) is 11.8 Å². The molecule has 0 bridgehead atoms. The Labute approximate surface area is 128 Å². The molecule has 1 aromatic heterocycles. The number of hydrogen-bond acceptors (Lipinski definition) is 4. The van der Waals surface area contributed by atoms with E-state index in [2.05, 4.69) is 10.3 Å². The predicted molar refractivity (Wildman–Crippen MR) is 84.4 cm³/mol. The summed E-state index contributed by atoms with van der Waals surface area (Å²) in [7, 11) is 1.57. The van der Waals surface area contributed by atoms with Crippen molar-refractivity contribution in [3.8, 4) is 5.88 Å². The van der Waals surface area contributed by atoms with Crippen molar-refractivity contribution in [2.24, 2.45) is 0 Å². The minimum Gasteiger partial charge on any atom is -0.481 e. The first-order chi connectivity index (χ1) is 10.2. The van der Waals surface area contributed by atoms with Crippen molar-refractivity contribution in [3.05, 3.63) is 54.2 Å². The first-order valence-electron chi connectivity index (χ1n) is 6.67. The molecule has 2 rings (SSSR count). The van der Waals surface area contributed by atoms with E-state index in [1.807, 2.05) is 49.4 Å². The Morgan fingerprint density at radius 3 is 2.81 bits per heavy atom. The molecule has 1 atom stereocenters. The fraction of sp³-hybridized carbons (Fsp3) is 0.250. The van der Waals surface area contributed by atoms with Crippen LogP contribution in [0.4, 0.5) is 0 Å². The quantitative estimate of drug-likeness (QED) is 0.834. The molecule has 21 heavy (non-hydrogen) atoms. The minimum atomic E-state index is -0.142. The van der Waals surface area contributed by atoms with Gasteiger partial charge in [0.05, 0.1) is 12.4 Å². The standard InChI is InChI=1S/C16H18N2O2S/c1-12(21-14-6-4-3-5-7-14)16(19)18-11-13-8-9-17-15(10-13)20-2/h3-10,12H,11H2,1-2H3,(H,18,19). The third-order valence-electron chi connectivity index (χ3n) is 2.90. The molecular formula is C16H18N2O2S. The van der Waals surface area contributed by atoms with Gasteiger partial charge >= 0.3 is 0 Å². The maximum Gasteiger partial charge on any atom is 0.233 e. The number of thioether (sulfide) groups is 1. The fourth-order valence-electron chi connectivity index (χ4n) is 1.76. The van der Waals surface area contributed by atoms with Gasteiger partial charge in [-0.2, -0.15) is 0 Å². The summed E-state index contributed by atoms with van der Waals surface area (Å²) in [4.78, 5) is 17.2. The van der Waals surface area contributed by atoms with Gasteiger partial charge in [-0.05, 0) is 30.7 Å². The zero-order valence-electron chi connectivity index (χ0n) is 12.1. The van der Waals surface area contributed by atoms with Gasteiger partial charge in [-0.3, -0.25) is 4.79 Å². The van der Waals surface area contributed by atoms with Gasteiger partial charge in [-0.1, -0.05) is 18.2 Å². The molecule has 0 saturated carbocycles. The molecule has 0 aliphatic heterocycles. The molecule has 1 unspecified atom stereocenters. The molecular weight excluding hydrogens is 284 g/mol. The van der Waals surface area contributed by atoms with Gasteiger partial charge < -0.3 is 10.1 Å². The highest BCUT2D eigenvalue weighted by Crippen LogP contribution is 2.22. The van der Waals surface area contributed by atoms with Gasteiger partial charge in [0, 0.05) is 23.7 Å². The Morgan fingerprint density at radius 1 is 1.33 bits per heavy atom. The summed E-state index contributed by atoms with van der Waals surface area (Å²) in [5.41, 5.74) is 0.965. The maximum absolute atomic E-state index is 12.1. The average molecular weight is 302 g/mol. The van der Waals surface area contributed by atoms with Gasteiger partial charge in [0.15, 0.2) is 0 Å². The lowest BCUT2D eigenvalue weighted by Crippen LogP contribution is -2.30. The van der Waals surface area contributed by atoms with Crippen molar-refractivity contribution < 1.29 is 9.53 Å². The molecule has 1 aromatic carbocycles. The van der Waals surface area contributed by atoms with Crippen molar-refractivity contribution in [2.45, 2.75) is 23.6 Å². The molecule has 0 saturated heterocycles. The number of carbonyl (C=O) groups is 1. The first kappa shape index (κ1) is 15.4. The zero-order chi connectivity index (χ0) is 15.1. The van der Waals surface area contributed by atoms with Gasteiger partial charge in [0.25, 0.3) is 0 Å². The van der Waals surface area contributed by atoms with Crippen LogP contribution in [-0.4, -0.2) is 23.3 Å². The van der Waals surface area contributed by atoms with E-state index >= 15 is 0 Å². The molecule has 1 N–H and O–H groups in total. The molecule has 1 heterocycles. The van der Waals surface area contributed by atoms with Crippen molar-refractivity contribution in [1.82, 2.24) is 10.3 Å². The van der Waals surface area contributed by atoms with Crippen molar-refractivity contribution >= 4 is 17.7 Å². The maximum atomic E-state index is 12.1. The van der Waals surface area contributed by atoms with Crippen molar-refractivity contribution in [3.63, 3.8) is 0 Å². The van der Waals surface area contributed by atoms with E-state index in [-0.39, 0.29) is 11.2 Å². The highest BCUT2D eigenvalue weighted by atomic mass is 32.2. The van der Waals surface area contributed by atoms with Crippen LogP contribution in [0.25, 0.3) is 0 Å². The third-order valence-corrected chi connectivity index (χ3v) is 4.01. The zero-order valence-corrected chi connectivity index (χ0v) is 12.9. The molecule has 4 nitrogen and oxygen atoms in total. The summed E-state index contributed by atoms with van der Waals surface area (Å²) >= 11 is 1.55. The van der Waals surface area contributed by atoms with Crippen LogP contribution in [0.5, 0.6) is 5.88 Å².